The molecule has 0 saturated heterocycles. The number of aliphatic hydroxyl groups is 1. The predicted molar refractivity (Wildman–Crippen MR) is 77.0 cm³/mol. The fraction of sp³-hybridized carbons (Fsp3) is 0.643. The van der Waals surface area contributed by atoms with Crippen LogP contribution in [0.5, 0.6) is 0 Å². The van der Waals surface area contributed by atoms with E-state index in [1.807, 2.05) is 0 Å². The molecule has 1 aliphatic carbocycles. The third kappa shape index (κ3) is 3.81. The van der Waals surface area contributed by atoms with E-state index in [9.17, 15) is 19.5 Å². The number of nitrogens with one attached hydrogen (secondary N) is 1. The van der Waals surface area contributed by atoms with E-state index in [1.165, 1.54) is 23.9 Å². The SMILES string of the molecule is Cn1c(=O)ccn(CC(=O)NC2CCCCCC2O)c1=O. The Hall–Kier alpha value is -1.89. The Kier molecular flexibility index (Phi) is 4.95. The van der Waals surface area contributed by atoms with Crippen molar-refractivity contribution in [3.05, 3.63) is 33.1 Å². The van der Waals surface area contributed by atoms with Gasteiger partial charge in [-0.25, -0.2) is 4.79 Å². The van der Waals surface area contributed by atoms with Crippen LogP contribution in [0.4, 0.5) is 0 Å². The molecular weight excluding hydrogens is 274 g/mol. The maximum Gasteiger partial charge on any atom is 0.331 e. The first-order chi connectivity index (χ1) is 9.99. The van der Waals surface area contributed by atoms with Crippen LogP contribution in [0.1, 0.15) is 32.1 Å². The van der Waals surface area contributed by atoms with Gasteiger partial charge in [-0.05, 0) is 12.8 Å². The molecule has 2 unspecified atom stereocenters. The Morgan fingerprint density at radius 2 is 2.05 bits per heavy atom. The maximum atomic E-state index is 12.0. The van der Waals surface area contributed by atoms with Gasteiger partial charge in [0.25, 0.3) is 5.56 Å². The zero-order valence-electron chi connectivity index (χ0n) is 12.1. The first kappa shape index (κ1) is 15.5. The summed E-state index contributed by atoms with van der Waals surface area (Å²) in [6.07, 6.45) is 5.21. The Balaban J connectivity index is 2.03. The molecule has 21 heavy (non-hydrogen) atoms. The minimum atomic E-state index is -0.534. The van der Waals surface area contributed by atoms with Crippen LogP contribution in [0.3, 0.4) is 0 Å². The van der Waals surface area contributed by atoms with E-state index in [0.29, 0.717) is 6.42 Å². The molecule has 0 bridgehead atoms. The molecule has 0 spiro atoms. The van der Waals surface area contributed by atoms with Crippen molar-refractivity contribution in [2.45, 2.75) is 50.8 Å². The highest BCUT2D eigenvalue weighted by molar-refractivity contribution is 5.76. The highest BCUT2D eigenvalue weighted by atomic mass is 16.3. The molecule has 7 heteroatoms. The summed E-state index contributed by atoms with van der Waals surface area (Å²) in [7, 11) is 1.37. The van der Waals surface area contributed by atoms with Crippen molar-refractivity contribution < 1.29 is 9.90 Å². The van der Waals surface area contributed by atoms with Crippen LogP contribution in [0.2, 0.25) is 0 Å². The van der Waals surface area contributed by atoms with Gasteiger partial charge in [0.2, 0.25) is 5.91 Å². The molecule has 1 amide bonds. The number of nitrogens with zero attached hydrogens (tertiary/aromatic N) is 2. The quantitative estimate of drug-likeness (QED) is 0.725. The largest absolute Gasteiger partial charge is 0.391 e. The number of rotatable bonds is 3. The van der Waals surface area contributed by atoms with Gasteiger partial charge in [0.15, 0.2) is 0 Å². The lowest BCUT2D eigenvalue weighted by Crippen LogP contribution is -2.46. The van der Waals surface area contributed by atoms with E-state index in [1.54, 1.807) is 0 Å². The van der Waals surface area contributed by atoms with Gasteiger partial charge >= 0.3 is 5.69 Å². The van der Waals surface area contributed by atoms with Gasteiger partial charge in [-0.15, -0.1) is 0 Å². The van der Waals surface area contributed by atoms with Crippen LogP contribution in [-0.4, -0.2) is 32.3 Å². The summed E-state index contributed by atoms with van der Waals surface area (Å²) in [4.78, 5) is 35.1. The van der Waals surface area contributed by atoms with E-state index in [2.05, 4.69) is 5.32 Å². The number of aromatic nitrogens is 2. The Morgan fingerprint density at radius 3 is 2.81 bits per heavy atom. The Morgan fingerprint density at radius 1 is 1.33 bits per heavy atom. The average molecular weight is 295 g/mol. The summed E-state index contributed by atoms with van der Waals surface area (Å²) in [5, 5.41) is 12.8. The van der Waals surface area contributed by atoms with Crippen LogP contribution in [0, 0.1) is 0 Å². The summed E-state index contributed by atoms with van der Waals surface area (Å²) >= 11 is 0. The standard InChI is InChI=1S/C14H21N3O4/c1-16-13(20)7-8-17(14(16)21)9-12(19)15-10-5-3-2-4-6-11(10)18/h7-8,10-11,18H,2-6,9H2,1H3,(H,15,19). The summed E-state index contributed by atoms with van der Waals surface area (Å²) in [5.41, 5.74) is -0.935. The molecule has 2 rings (SSSR count). The Labute approximate surface area is 122 Å². The van der Waals surface area contributed by atoms with Crippen molar-refractivity contribution in [3.63, 3.8) is 0 Å². The highest BCUT2D eigenvalue weighted by Gasteiger charge is 2.23. The summed E-state index contributed by atoms with van der Waals surface area (Å²) < 4.78 is 2.13. The van der Waals surface area contributed by atoms with E-state index in [4.69, 9.17) is 0 Å². The second kappa shape index (κ2) is 6.71. The first-order valence-corrected chi connectivity index (χ1v) is 7.23. The van der Waals surface area contributed by atoms with Crippen LogP contribution in [0.25, 0.3) is 0 Å². The number of carbonyl (C=O) groups is 1. The first-order valence-electron chi connectivity index (χ1n) is 7.23. The topological polar surface area (TPSA) is 93.3 Å². The minimum absolute atomic E-state index is 0.157. The lowest BCUT2D eigenvalue weighted by atomic mass is 10.1. The predicted octanol–water partition coefficient (Wildman–Crippen LogP) is -0.643. The van der Waals surface area contributed by atoms with Crippen molar-refractivity contribution in [2.75, 3.05) is 0 Å². The Bertz CT molecular complexity index is 619. The third-order valence-corrected chi connectivity index (χ3v) is 3.90. The van der Waals surface area contributed by atoms with E-state index in [0.717, 1.165) is 30.3 Å². The third-order valence-electron chi connectivity index (χ3n) is 3.90. The molecular formula is C14H21N3O4. The summed E-state index contributed by atoms with van der Waals surface area (Å²) in [6, 6.07) is 0.984. The molecule has 7 nitrogen and oxygen atoms in total. The second-order valence-electron chi connectivity index (χ2n) is 5.50. The summed E-state index contributed by atoms with van der Waals surface area (Å²) in [5.74, 6) is -0.332. The van der Waals surface area contributed by atoms with Gasteiger partial charge < -0.3 is 10.4 Å². The summed E-state index contributed by atoms with van der Waals surface area (Å²) in [6.45, 7) is -0.157. The van der Waals surface area contributed by atoms with E-state index < -0.39 is 17.4 Å². The molecule has 0 radical (unpaired) electrons. The molecule has 0 aromatic carbocycles. The zero-order chi connectivity index (χ0) is 15.4. The second-order valence-corrected chi connectivity index (χ2v) is 5.50. The minimum Gasteiger partial charge on any atom is -0.391 e. The molecule has 116 valence electrons. The number of amides is 1. The van der Waals surface area contributed by atoms with Crippen molar-refractivity contribution in [1.82, 2.24) is 14.5 Å². The number of hydrogen-bond acceptors (Lipinski definition) is 4. The van der Waals surface area contributed by atoms with E-state index >= 15 is 0 Å². The maximum absolute atomic E-state index is 12.0. The van der Waals surface area contributed by atoms with Crippen LogP contribution >= 0.6 is 0 Å². The normalized spacial score (nSPS) is 22.6. The molecule has 1 aromatic heterocycles. The molecule has 1 fully saturated rings. The molecule has 2 atom stereocenters. The molecule has 1 heterocycles. The molecule has 2 N–H and O–H groups in total. The highest BCUT2D eigenvalue weighted by Crippen LogP contribution is 2.17. The van der Waals surface area contributed by atoms with E-state index in [-0.39, 0.29) is 18.5 Å². The monoisotopic (exact) mass is 295 g/mol. The van der Waals surface area contributed by atoms with Gasteiger partial charge in [0.1, 0.15) is 6.54 Å². The fourth-order valence-electron chi connectivity index (χ4n) is 2.60. The van der Waals surface area contributed by atoms with Gasteiger partial charge in [0, 0.05) is 19.3 Å². The van der Waals surface area contributed by atoms with Crippen LogP contribution in [-0.2, 0) is 18.4 Å². The lowest BCUT2D eigenvalue weighted by molar-refractivity contribution is -0.123. The van der Waals surface area contributed by atoms with Gasteiger partial charge in [-0.2, -0.15) is 0 Å². The van der Waals surface area contributed by atoms with Crippen LogP contribution < -0.4 is 16.6 Å². The van der Waals surface area contributed by atoms with Gasteiger partial charge in [-0.3, -0.25) is 18.7 Å². The zero-order valence-corrected chi connectivity index (χ0v) is 12.1. The number of carbonyl (C=O) groups excluding carboxylic acids is 1. The molecule has 1 aliphatic rings. The van der Waals surface area contributed by atoms with Gasteiger partial charge in [-0.1, -0.05) is 19.3 Å². The number of aliphatic hydroxyl groups excluding tert-OH is 1. The number of hydrogen-bond donors (Lipinski definition) is 2. The fourth-order valence-corrected chi connectivity index (χ4v) is 2.60. The van der Waals surface area contributed by atoms with Crippen molar-refractivity contribution in [3.8, 4) is 0 Å². The average Bonchev–Trinajstić information content (AvgIpc) is 2.65. The lowest BCUT2D eigenvalue weighted by Gasteiger charge is -2.22. The van der Waals surface area contributed by atoms with Crippen molar-refractivity contribution >= 4 is 5.91 Å². The van der Waals surface area contributed by atoms with Crippen molar-refractivity contribution in [2.24, 2.45) is 7.05 Å². The van der Waals surface area contributed by atoms with Gasteiger partial charge in [0.05, 0.1) is 12.1 Å². The molecule has 0 aliphatic heterocycles. The van der Waals surface area contributed by atoms with Crippen molar-refractivity contribution in [1.29, 1.82) is 0 Å². The molecule has 1 aromatic rings. The smallest absolute Gasteiger partial charge is 0.331 e. The molecule has 1 saturated carbocycles. The van der Waals surface area contributed by atoms with Crippen LogP contribution in [0.15, 0.2) is 21.9 Å².